The van der Waals surface area contributed by atoms with Crippen molar-refractivity contribution in [2.75, 3.05) is 30.8 Å². The zero-order valence-corrected chi connectivity index (χ0v) is 13.0. The summed E-state index contributed by atoms with van der Waals surface area (Å²) >= 11 is 0. The molecule has 0 unspecified atom stereocenters. The highest BCUT2D eigenvalue weighted by atomic mass is 16.5. The Morgan fingerprint density at radius 1 is 1.20 bits per heavy atom. The predicted molar refractivity (Wildman–Crippen MR) is 82.5 cm³/mol. The van der Waals surface area contributed by atoms with Gasteiger partial charge < -0.3 is 21.1 Å². The van der Waals surface area contributed by atoms with Crippen molar-refractivity contribution < 1.29 is 4.74 Å². The van der Waals surface area contributed by atoms with Crippen LogP contribution in [0.3, 0.4) is 0 Å². The van der Waals surface area contributed by atoms with Gasteiger partial charge in [0.25, 0.3) is 0 Å². The van der Waals surface area contributed by atoms with Crippen LogP contribution < -0.4 is 16.4 Å². The Labute approximate surface area is 121 Å². The molecule has 0 bridgehead atoms. The smallest absolute Gasteiger partial charge is 0.222 e. The average Bonchev–Trinajstić information content (AvgIpc) is 2.91. The number of nitrogens with two attached hydrogens (primary N) is 2. The van der Waals surface area contributed by atoms with E-state index in [1.165, 1.54) is 19.9 Å². The summed E-state index contributed by atoms with van der Waals surface area (Å²) in [4.78, 5) is 10.8. The van der Waals surface area contributed by atoms with Crippen LogP contribution in [0.1, 0.15) is 39.3 Å². The molecule has 0 spiro atoms. The zero-order valence-electron chi connectivity index (χ0n) is 13.0. The van der Waals surface area contributed by atoms with Crippen LogP contribution in [-0.2, 0) is 11.3 Å². The molecule has 1 saturated heterocycles. The van der Waals surface area contributed by atoms with Gasteiger partial charge in [-0.05, 0) is 40.7 Å². The second-order valence-electron chi connectivity index (χ2n) is 5.67. The Morgan fingerprint density at radius 3 is 2.35 bits per heavy atom. The van der Waals surface area contributed by atoms with Crippen molar-refractivity contribution in [3.05, 3.63) is 11.8 Å². The van der Waals surface area contributed by atoms with Crippen molar-refractivity contribution in [1.82, 2.24) is 9.97 Å². The summed E-state index contributed by atoms with van der Waals surface area (Å²) in [5, 5.41) is 0. The standard InChI is InChI=1S/C13H22N4O.CH5N/c1-13(2,3)18-9-10-8-11(16-12(14)15-10)17-6-4-5-7-17;1-2/h8H,4-7,9H2,1-3H3,(H2,14,15,16);2H2,1H3. The first-order valence-electron chi connectivity index (χ1n) is 7.04. The van der Waals surface area contributed by atoms with Gasteiger partial charge in [-0.1, -0.05) is 0 Å². The van der Waals surface area contributed by atoms with Gasteiger partial charge in [-0.25, -0.2) is 4.98 Å². The second-order valence-corrected chi connectivity index (χ2v) is 5.67. The number of hydrogen-bond acceptors (Lipinski definition) is 6. The lowest BCUT2D eigenvalue weighted by Crippen LogP contribution is -2.22. The predicted octanol–water partition coefficient (Wildman–Crippen LogP) is 1.55. The van der Waals surface area contributed by atoms with Gasteiger partial charge in [0.1, 0.15) is 5.82 Å². The lowest BCUT2D eigenvalue weighted by Gasteiger charge is -2.21. The fraction of sp³-hybridized carbons (Fsp3) is 0.714. The fourth-order valence-electron chi connectivity index (χ4n) is 1.98. The molecule has 6 nitrogen and oxygen atoms in total. The molecule has 0 aromatic carbocycles. The quantitative estimate of drug-likeness (QED) is 0.873. The topological polar surface area (TPSA) is 90.3 Å². The highest BCUT2D eigenvalue weighted by molar-refractivity contribution is 5.44. The Hall–Kier alpha value is -1.40. The first-order chi connectivity index (χ1) is 9.44. The summed E-state index contributed by atoms with van der Waals surface area (Å²) in [5.41, 5.74) is 10.9. The van der Waals surface area contributed by atoms with Crippen molar-refractivity contribution in [3.8, 4) is 0 Å². The van der Waals surface area contributed by atoms with Crippen LogP contribution in [0.25, 0.3) is 0 Å². The van der Waals surface area contributed by atoms with Crippen LogP contribution in [0.15, 0.2) is 6.07 Å². The molecule has 0 radical (unpaired) electrons. The summed E-state index contributed by atoms with van der Waals surface area (Å²) in [6.45, 7) is 8.65. The van der Waals surface area contributed by atoms with Gasteiger partial charge in [0.2, 0.25) is 5.95 Å². The van der Waals surface area contributed by atoms with Crippen molar-refractivity contribution in [2.24, 2.45) is 5.73 Å². The molecule has 4 N–H and O–H groups in total. The molecule has 114 valence electrons. The fourth-order valence-corrected chi connectivity index (χ4v) is 1.98. The van der Waals surface area contributed by atoms with Gasteiger partial charge >= 0.3 is 0 Å². The highest BCUT2D eigenvalue weighted by Crippen LogP contribution is 2.20. The minimum Gasteiger partial charge on any atom is -0.370 e. The number of hydrogen-bond donors (Lipinski definition) is 2. The minimum atomic E-state index is -0.173. The van der Waals surface area contributed by atoms with Gasteiger partial charge in [0, 0.05) is 19.2 Å². The van der Waals surface area contributed by atoms with Crippen LogP contribution in [0.2, 0.25) is 0 Å². The summed E-state index contributed by atoms with van der Waals surface area (Å²) < 4.78 is 5.72. The second kappa shape index (κ2) is 7.40. The molecule has 1 aliphatic rings. The van der Waals surface area contributed by atoms with Crippen LogP contribution in [0, 0.1) is 0 Å². The van der Waals surface area contributed by atoms with Gasteiger partial charge in [-0.15, -0.1) is 0 Å². The van der Waals surface area contributed by atoms with E-state index in [1.807, 2.05) is 26.8 Å². The summed E-state index contributed by atoms with van der Waals surface area (Å²) in [7, 11) is 1.50. The van der Waals surface area contributed by atoms with Crippen molar-refractivity contribution in [1.29, 1.82) is 0 Å². The van der Waals surface area contributed by atoms with E-state index in [2.05, 4.69) is 20.6 Å². The van der Waals surface area contributed by atoms with E-state index in [0.717, 1.165) is 24.6 Å². The SMILES string of the molecule is CC(C)(C)OCc1cc(N2CCCC2)nc(N)n1.CN. The maximum atomic E-state index is 5.76. The molecule has 0 amide bonds. The zero-order chi connectivity index (χ0) is 15.2. The van der Waals surface area contributed by atoms with Crippen LogP contribution in [-0.4, -0.2) is 35.7 Å². The first kappa shape index (κ1) is 16.7. The molecule has 1 aromatic heterocycles. The molecule has 0 aliphatic carbocycles. The van der Waals surface area contributed by atoms with Gasteiger partial charge in [0.15, 0.2) is 0 Å². The highest BCUT2D eigenvalue weighted by Gasteiger charge is 2.16. The van der Waals surface area contributed by atoms with E-state index >= 15 is 0 Å². The molecule has 0 saturated carbocycles. The van der Waals surface area contributed by atoms with E-state index in [-0.39, 0.29) is 5.60 Å². The number of aromatic nitrogens is 2. The molecule has 0 atom stereocenters. The van der Waals surface area contributed by atoms with Gasteiger partial charge in [-0.2, -0.15) is 4.98 Å². The van der Waals surface area contributed by atoms with Crippen molar-refractivity contribution >= 4 is 11.8 Å². The van der Waals surface area contributed by atoms with E-state index in [1.54, 1.807) is 0 Å². The summed E-state index contributed by atoms with van der Waals surface area (Å²) in [5.74, 6) is 1.25. The van der Waals surface area contributed by atoms with E-state index in [4.69, 9.17) is 10.5 Å². The Balaban J connectivity index is 0.000000956. The number of ether oxygens (including phenoxy) is 1. The lowest BCUT2D eigenvalue weighted by molar-refractivity contribution is -0.0164. The number of anilines is 2. The van der Waals surface area contributed by atoms with Crippen LogP contribution in [0.4, 0.5) is 11.8 Å². The third kappa shape index (κ3) is 5.30. The maximum absolute atomic E-state index is 5.76. The van der Waals surface area contributed by atoms with E-state index in [0.29, 0.717) is 12.6 Å². The largest absolute Gasteiger partial charge is 0.370 e. The molecule has 6 heteroatoms. The van der Waals surface area contributed by atoms with E-state index in [9.17, 15) is 0 Å². The monoisotopic (exact) mass is 281 g/mol. The summed E-state index contributed by atoms with van der Waals surface area (Å²) in [6, 6.07) is 1.98. The molecule has 20 heavy (non-hydrogen) atoms. The van der Waals surface area contributed by atoms with Crippen molar-refractivity contribution in [3.63, 3.8) is 0 Å². The number of rotatable bonds is 3. The molecule has 1 aromatic rings. The first-order valence-corrected chi connectivity index (χ1v) is 7.04. The third-order valence-corrected chi connectivity index (χ3v) is 2.87. The minimum absolute atomic E-state index is 0.173. The maximum Gasteiger partial charge on any atom is 0.222 e. The average molecular weight is 281 g/mol. The van der Waals surface area contributed by atoms with Crippen molar-refractivity contribution in [2.45, 2.75) is 45.8 Å². The number of nitrogens with zero attached hydrogens (tertiary/aromatic N) is 3. The molecule has 1 aliphatic heterocycles. The lowest BCUT2D eigenvalue weighted by atomic mass is 10.2. The molecule has 1 fully saturated rings. The Kier molecular flexibility index (Phi) is 6.16. The Morgan fingerprint density at radius 2 is 1.80 bits per heavy atom. The Bertz CT molecular complexity index is 411. The molecular formula is C14H27N5O. The molecular weight excluding hydrogens is 254 g/mol. The molecule has 2 rings (SSSR count). The van der Waals surface area contributed by atoms with Crippen LogP contribution in [0.5, 0.6) is 0 Å². The normalized spacial score (nSPS) is 14.9. The molecule has 2 heterocycles. The van der Waals surface area contributed by atoms with Gasteiger partial charge in [-0.3, -0.25) is 0 Å². The number of nitrogen functional groups attached to an aromatic ring is 1. The van der Waals surface area contributed by atoms with E-state index < -0.39 is 0 Å². The third-order valence-electron chi connectivity index (χ3n) is 2.87. The van der Waals surface area contributed by atoms with Gasteiger partial charge in [0.05, 0.1) is 17.9 Å². The van der Waals surface area contributed by atoms with Crippen LogP contribution >= 0.6 is 0 Å². The summed E-state index contributed by atoms with van der Waals surface area (Å²) in [6.07, 6.45) is 2.44.